The first-order chi connectivity index (χ1) is 9.04. The summed E-state index contributed by atoms with van der Waals surface area (Å²) in [6.45, 7) is 5.65. The zero-order chi connectivity index (χ0) is 14.3. The number of Topliss-reactive ketones (excluding diaryl/α,β-unsaturated/α-hetero) is 1. The van der Waals surface area contributed by atoms with Crippen LogP contribution < -0.4 is 0 Å². The molecule has 0 spiro atoms. The lowest BCUT2D eigenvalue weighted by Crippen LogP contribution is -2.02. The molecule has 0 amide bonds. The van der Waals surface area contributed by atoms with E-state index in [9.17, 15) is 4.79 Å². The number of rotatable bonds is 5. The summed E-state index contributed by atoms with van der Waals surface area (Å²) in [5, 5.41) is 0.402. The smallest absolute Gasteiger partial charge is 0.194 e. The number of carbonyl (C=O) groups excluding carboxylic acids is 1. The normalized spacial score (nSPS) is 13.1. The zero-order valence-electron chi connectivity index (χ0n) is 11.5. The second-order valence-corrected chi connectivity index (χ2v) is 4.77. The number of ketones is 1. The number of benzene rings is 1. The van der Waals surface area contributed by atoms with Crippen molar-refractivity contribution < 1.29 is 4.79 Å². The Hall–Kier alpha value is -1.67. The van der Waals surface area contributed by atoms with Gasteiger partial charge in [-0.1, -0.05) is 54.4 Å². The summed E-state index contributed by atoms with van der Waals surface area (Å²) < 4.78 is 0. The van der Waals surface area contributed by atoms with Crippen molar-refractivity contribution in [3.63, 3.8) is 0 Å². The van der Waals surface area contributed by atoms with Crippen molar-refractivity contribution in [3.8, 4) is 0 Å². The molecule has 0 aliphatic carbocycles. The Morgan fingerprint density at radius 3 is 2.74 bits per heavy atom. The molecule has 0 saturated heterocycles. The van der Waals surface area contributed by atoms with Crippen molar-refractivity contribution in [3.05, 3.63) is 59.3 Å². The summed E-state index contributed by atoms with van der Waals surface area (Å²) in [5.41, 5.74) is 2.25. The van der Waals surface area contributed by atoms with E-state index >= 15 is 0 Å². The van der Waals surface area contributed by atoms with E-state index in [1.54, 1.807) is 19.1 Å². The molecule has 0 saturated carbocycles. The molecule has 0 N–H and O–H groups in total. The van der Waals surface area contributed by atoms with Crippen LogP contribution in [0.2, 0.25) is 0 Å². The average molecular weight is 276 g/mol. The Labute approximate surface area is 119 Å². The Bertz CT molecular complexity index is 537. The highest BCUT2D eigenvalue weighted by Gasteiger charge is 2.09. The topological polar surface area (TPSA) is 29.4 Å². The largest absolute Gasteiger partial charge is 0.289 e. The van der Waals surface area contributed by atoms with Gasteiger partial charge in [0.05, 0.1) is 0 Å². The molecule has 1 aromatic rings. The van der Waals surface area contributed by atoms with E-state index < -0.39 is 0 Å². The van der Waals surface area contributed by atoms with Crippen LogP contribution >= 0.6 is 11.6 Å². The predicted molar refractivity (Wildman–Crippen MR) is 82.0 cm³/mol. The van der Waals surface area contributed by atoms with Crippen molar-refractivity contribution in [2.75, 3.05) is 0 Å². The third kappa shape index (κ3) is 5.23. The molecule has 1 rings (SSSR count). The molecule has 0 aliphatic rings. The number of hydrogen-bond acceptors (Lipinski definition) is 2. The first-order valence-corrected chi connectivity index (χ1v) is 6.60. The van der Waals surface area contributed by atoms with Gasteiger partial charge < -0.3 is 0 Å². The minimum Gasteiger partial charge on any atom is -0.289 e. The van der Waals surface area contributed by atoms with E-state index in [0.717, 1.165) is 12.0 Å². The van der Waals surface area contributed by atoms with Gasteiger partial charge in [-0.25, -0.2) is 4.99 Å². The highest BCUT2D eigenvalue weighted by Crippen LogP contribution is 2.12. The Morgan fingerprint density at radius 2 is 2.16 bits per heavy atom. The van der Waals surface area contributed by atoms with Gasteiger partial charge in [0.15, 0.2) is 5.78 Å². The summed E-state index contributed by atoms with van der Waals surface area (Å²) in [6.07, 6.45) is 6.09. The van der Waals surface area contributed by atoms with Crippen molar-refractivity contribution >= 4 is 22.6 Å². The number of hydrogen-bond donors (Lipinski definition) is 0. The molecule has 0 atom stereocenters. The second-order valence-electron chi connectivity index (χ2n) is 4.22. The van der Waals surface area contributed by atoms with E-state index in [-0.39, 0.29) is 5.78 Å². The van der Waals surface area contributed by atoms with Crippen LogP contribution in [0.4, 0.5) is 0 Å². The van der Waals surface area contributed by atoms with Gasteiger partial charge >= 0.3 is 0 Å². The molecule has 19 heavy (non-hydrogen) atoms. The van der Waals surface area contributed by atoms with Crippen LogP contribution in [0.5, 0.6) is 0 Å². The summed E-state index contributed by atoms with van der Waals surface area (Å²) >= 11 is 5.70. The lowest BCUT2D eigenvalue weighted by Gasteiger charge is -2.02. The maximum absolute atomic E-state index is 12.4. The third-order valence-electron chi connectivity index (χ3n) is 2.46. The number of halogens is 1. The third-order valence-corrected chi connectivity index (χ3v) is 2.55. The molecule has 0 fully saturated rings. The fourth-order valence-electron chi connectivity index (χ4n) is 1.53. The second kappa shape index (κ2) is 7.70. The number of allylic oxidation sites excluding steroid dienone is 3. The van der Waals surface area contributed by atoms with Crippen LogP contribution in [0.15, 0.2) is 53.2 Å². The molecule has 0 aromatic heterocycles. The van der Waals surface area contributed by atoms with Crippen LogP contribution in [-0.4, -0.2) is 11.0 Å². The Balaban J connectivity index is 3.11. The number of nitrogens with zero attached hydrogens (tertiary/aromatic N) is 1. The van der Waals surface area contributed by atoms with Gasteiger partial charge in [0.2, 0.25) is 0 Å². The highest BCUT2D eigenvalue weighted by atomic mass is 35.5. The van der Waals surface area contributed by atoms with E-state index in [1.807, 2.05) is 38.1 Å². The van der Waals surface area contributed by atoms with E-state index in [1.165, 1.54) is 6.20 Å². The quantitative estimate of drug-likeness (QED) is 0.332. The van der Waals surface area contributed by atoms with Gasteiger partial charge in [0, 0.05) is 17.3 Å². The standard InChI is InChI=1S/C16H18ClNO/c1-4-5-8-15(11-18-13(3)17)16(19)14-9-6-7-12(2)10-14/h5-11H,4H2,1-3H3/b8-5+,15-11+,18-13?. The minimum absolute atomic E-state index is 0.0462. The first kappa shape index (κ1) is 15.4. The molecule has 0 bridgehead atoms. The van der Waals surface area contributed by atoms with Gasteiger partial charge in [-0.05, 0) is 26.3 Å². The molecule has 2 nitrogen and oxygen atoms in total. The van der Waals surface area contributed by atoms with Crippen molar-refractivity contribution in [1.29, 1.82) is 0 Å². The maximum atomic E-state index is 12.4. The van der Waals surface area contributed by atoms with Crippen molar-refractivity contribution in [1.82, 2.24) is 0 Å². The van der Waals surface area contributed by atoms with Gasteiger partial charge in [0.25, 0.3) is 0 Å². The fraction of sp³-hybridized carbons (Fsp3) is 0.250. The fourth-order valence-corrected chi connectivity index (χ4v) is 1.58. The molecule has 0 heterocycles. The molecule has 0 unspecified atom stereocenters. The zero-order valence-corrected chi connectivity index (χ0v) is 12.2. The predicted octanol–water partition coefficient (Wildman–Crippen LogP) is 4.69. The van der Waals surface area contributed by atoms with Gasteiger partial charge in [-0.15, -0.1) is 0 Å². The van der Waals surface area contributed by atoms with E-state index in [2.05, 4.69) is 4.99 Å². The van der Waals surface area contributed by atoms with Crippen LogP contribution in [0.25, 0.3) is 0 Å². The summed E-state index contributed by atoms with van der Waals surface area (Å²) in [4.78, 5) is 16.4. The lowest BCUT2D eigenvalue weighted by atomic mass is 10.0. The van der Waals surface area contributed by atoms with Gasteiger partial charge in [-0.3, -0.25) is 4.79 Å². The van der Waals surface area contributed by atoms with Gasteiger partial charge in [-0.2, -0.15) is 0 Å². The summed E-state index contributed by atoms with van der Waals surface area (Å²) in [5.74, 6) is -0.0462. The molecule has 3 heteroatoms. The number of carbonyl (C=O) groups is 1. The summed E-state index contributed by atoms with van der Waals surface area (Å²) in [7, 11) is 0. The molecular formula is C16H18ClNO. The summed E-state index contributed by atoms with van der Waals surface area (Å²) in [6, 6.07) is 7.51. The lowest BCUT2D eigenvalue weighted by molar-refractivity contribution is 0.103. The minimum atomic E-state index is -0.0462. The van der Waals surface area contributed by atoms with Crippen molar-refractivity contribution in [2.45, 2.75) is 27.2 Å². The van der Waals surface area contributed by atoms with Crippen LogP contribution in [-0.2, 0) is 0 Å². The Kier molecular flexibility index (Phi) is 6.23. The molecule has 100 valence electrons. The molecule has 0 radical (unpaired) electrons. The first-order valence-electron chi connectivity index (χ1n) is 6.22. The van der Waals surface area contributed by atoms with E-state index in [4.69, 9.17) is 11.6 Å². The number of aliphatic imine (C=N–C) groups is 1. The average Bonchev–Trinajstić information content (AvgIpc) is 2.38. The Morgan fingerprint density at radius 1 is 1.42 bits per heavy atom. The van der Waals surface area contributed by atoms with Crippen LogP contribution in [0.3, 0.4) is 0 Å². The monoisotopic (exact) mass is 275 g/mol. The SMILES string of the molecule is CC/C=C/C(=C\N=C(C)Cl)C(=O)c1cccc(C)c1. The molecule has 0 aliphatic heterocycles. The van der Waals surface area contributed by atoms with Crippen LogP contribution in [0.1, 0.15) is 36.2 Å². The number of aryl methyl sites for hydroxylation is 1. The van der Waals surface area contributed by atoms with E-state index in [0.29, 0.717) is 16.3 Å². The van der Waals surface area contributed by atoms with Crippen molar-refractivity contribution in [2.24, 2.45) is 4.99 Å². The van der Waals surface area contributed by atoms with Crippen LogP contribution in [0, 0.1) is 6.92 Å². The highest BCUT2D eigenvalue weighted by molar-refractivity contribution is 6.64. The molecule has 1 aromatic carbocycles. The van der Waals surface area contributed by atoms with Gasteiger partial charge in [0.1, 0.15) is 5.17 Å². The molecular weight excluding hydrogens is 258 g/mol. The maximum Gasteiger partial charge on any atom is 0.194 e.